The number of hydrogen-bond donors (Lipinski definition) is 2. The highest BCUT2D eigenvalue weighted by molar-refractivity contribution is 9.10. The number of nitrogens with zero attached hydrogens (tertiary/aromatic N) is 1. The highest BCUT2D eigenvalue weighted by Gasteiger charge is 2.25. The van der Waals surface area contributed by atoms with Gasteiger partial charge in [-0.1, -0.05) is 0 Å². The van der Waals surface area contributed by atoms with E-state index in [0.717, 1.165) is 4.47 Å². The average molecular weight is 330 g/mol. The minimum absolute atomic E-state index is 0.0995. The molecule has 6 heteroatoms. The molecule has 0 spiro atoms. The monoisotopic (exact) mass is 329 g/mol. The smallest absolute Gasteiger partial charge is 0.268 e. The third-order valence-corrected chi connectivity index (χ3v) is 3.11. The quantitative estimate of drug-likeness (QED) is 0.868. The summed E-state index contributed by atoms with van der Waals surface area (Å²) in [4.78, 5) is 23.2. The molecule has 2 amide bonds. The lowest BCUT2D eigenvalue weighted by Gasteiger charge is -2.25. The predicted octanol–water partition coefficient (Wildman–Crippen LogP) is 2.22. The Hall–Kier alpha value is -1.30. The second-order valence-corrected chi connectivity index (χ2v) is 6.44. The Morgan fingerprint density at radius 1 is 1.47 bits per heavy atom. The zero-order valence-corrected chi connectivity index (χ0v) is 13.2. The second-order valence-electron chi connectivity index (χ2n) is 5.53. The molecule has 1 rings (SSSR count). The van der Waals surface area contributed by atoms with Gasteiger partial charge in [0.1, 0.15) is 5.69 Å². The Morgan fingerprint density at radius 3 is 2.53 bits per heavy atom. The van der Waals surface area contributed by atoms with Crippen LogP contribution < -0.4 is 11.1 Å². The van der Waals surface area contributed by atoms with E-state index >= 15 is 0 Å². The maximum Gasteiger partial charge on any atom is 0.268 e. The minimum atomic E-state index is -0.665. The van der Waals surface area contributed by atoms with Crippen molar-refractivity contribution >= 4 is 27.7 Å². The molecule has 106 valence electrons. The topological polar surface area (TPSA) is 77.1 Å². The minimum Gasteiger partial charge on any atom is -0.370 e. The number of nitrogens with two attached hydrogens (primary N) is 1. The summed E-state index contributed by atoms with van der Waals surface area (Å²) in [5.74, 6) is -0.656. The highest BCUT2D eigenvalue weighted by Crippen LogP contribution is 2.20. The van der Waals surface area contributed by atoms with E-state index in [9.17, 15) is 9.59 Å². The van der Waals surface area contributed by atoms with Crippen molar-refractivity contribution in [1.29, 1.82) is 0 Å². The summed E-state index contributed by atoms with van der Waals surface area (Å²) in [5.41, 5.74) is 5.06. The molecule has 0 aliphatic rings. The fourth-order valence-electron chi connectivity index (χ4n) is 1.91. The zero-order valence-electron chi connectivity index (χ0n) is 11.7. The van der Waals surface area contributed by atoms with E-state index in [0.29, 0.717) is 5.69 Å². The number of nitrogens with one attached hydrogen (secondary N) is 1. The van der Waals surface area contributed by atoms with Gasteiger partial charge in [-0.05, 0) is 49.7 Å². The molecule has 0 saturated carbocycles. The van der Waals surface area contributed by atoms with Gasteiger partial charge in [0.25, 0.3) is 5.91 Å². The number of amides is 2. The van der Waals surface area contributed by atoms with Crippen molar-refractivity contribution in [2.45, 2.75) is 45.7 Å². The highest BCUT2D eigenvalue weighted by atomic mass is 79.9. The molecule has 0 radical (unpaired) electrons. The second kappa shape index (κ2) is 5.77. The van der Waals surface area contributed by atoms with Crippen LogP contribution in [-0.4, -0.2) is 21.9 Å². The van der Waals surface area contributed by atoms with Crippen LogP contribution in [0.15, 0.2) is 16.7 Å². The third kappa shape index (κ3) is 4.38. The van der Waals surface area contributed by atoms with Gasteiger partial charge in [0.2, 0.25) is 5.91 Å². The van der Waals surface area contributed by atoms with E-state index < -0.39 is 11.4 Å². The summed E-state index contributed by atoms with van der Waals surface area (Å²) in [7, 11) is 0. The van der Waals surface area contributed by atoms with Crippen molar-refractivity contribution in [2.24, 2.45) is 5.73 Å². The molecule has 0 fully saturated rings. The Labute approximate surface area is 121 Å². The normalized spacial score (nSPS) is 11.7. The Balaban J connectivity index is 2.92. The maximum atomic E-state index is 12.3. The van der Waals surface area contributed by atoms with E-state index in [2.05, 4.69) is 21.2 Å². The summed E-state index contributed by atoms with van der Waals surface area (Å²) in [6.07, 6.45) is 1.96. The average Bonchev–Trinajstić information content (AvgIpc) is 2.57. The summed E-state index contributed by atoms with van der Waals surface area (Å²) in [5, 5.41) is 2.83. The zero-order chi connectivity index (χ0) is 14.8. The van der Waals surface area contributed by atoms with E-state index in [4.69, 9.17) is 5.73 Å². The van der Waals surface area contributed by atoms with Crippen molar-refractivity contribution in [1.82, 2.24) is 9.88 Å². The molecule has 1 aromatic rings. The number of rotatable bonds is 5. The van der Waals surface area contributed by atoms with Crippen LogP contribution in [0.3, 0.4) is 0 Å². The first-order valence-corrected chi connectivity index (χ1v) is 6.90. The molecule has 5 nitrogen and oxygen atoms in total. The summed E-state index contributed by atoms with van der Waals surface area (Å²) in [6.45, 7) is 7.54. The van der Waals surface area contributed by atoms with Gasteiger partial charge in [-0.2, -0.15) is 0 Å². The summed E-state index contributed by atoms with van der Waals surface area (Å²) >= 11 is 3.36. The van der Waals surface area contributed by atoms with Crippen LogP contribution in [0.1, 0.15) is 50.6 Å². The largest absolute Gasteiger partial charge is 0.370 e. The summed E-state index contributed by atoms with van der Waals surface area (Å²) < 4.78 is 2.72. The molecule has 0 bridgehead atoms. The fraction of sp³-hybridized carbons (Fsp3) is 0.538. The number of halogens is 1. The lowest BCUT2D eigenvalue weighted by Crippen LogP contribution is -2.46. The van der Waals surface area contributed by atoms with E-state index in [1.807, 2.05) is 24.6 Å². The van der Waals surface area contributed by atoms with Gasteiger partial charge in [-0.15, -0.1) is 0 Å². The van der Waals surface area contributed by atoms with Crippen LogP contribution in [0.2, 0.25) is 0 Å². The molecule has 0 unspecified atom stereocenters. The van der Waals surface area contributed by atoms with Crippen molar-refractivity contribution in [2.75, 3.05) is 0 Å². The van der Waals surface area contributed by atoms with Crippen molar-refractivity contribution < 1.29 is 9.59 Å². The number of hydrogen-bond acceptors (Lipinski definition) is 2. The number of aromatic nitrogens is 1. The fourth-order valence-corrected chi connectivity index (χ4v) is 2.34. The van der Waals surface area contributed by atoms with Crippen LogP contribution in [0.5, 0.6) is 0 Å². The molecule has 1 heterocycles. The molecule has 1 aromatic heterocycles. The van der Waals surface area contributed by atoms with Gasteiger partial charge in [0.15, 0.2) is 0 Å². The van der Waals surface area contributed by atoms with Crippen LogP contribution >= 0.6 is 15.9 Å². The molecule has 0 aromatic carbocycles. The van der Waals surface area contributed by atoms with Gasteiger partial charge in [-0.25, -0.2) is 0 Å². The first-order chi connectivity index (χ1) is 8.62. The molecule has 3 N–H and O–H groups in total. The number of carbonyl (C=O) groups excluding carboxylic acids is 2. The molecule has 0 aliphatic heterocycles. The van der Waals surface area contributed by atoms with Crippen molar-refractivity contribution in [3.63, 3.8) is 0 Å². The molecule has 0 saturated heterocycles. The van der Waals surface area contributed by atoms with Crippen molar-refractivity contribution in [3.05, 3.63) is 22.4 Å². The number of carbonyl (C=O) groups is 2. The van der Waals surface area contributed by atoms with E-state index in [-0.39, 0.29) is 18.4 Å². The lowest BCUT2D eigenvalue weighted by molar-refractivity contribution is -0.119. The van der Waals surface area contributed by atoms with Crippen LogP contribution in [0, 0.1) is 0 Å². The lowest BCUT2D eigenvalue weighted by atomic mass is 10.00. The number of primary amides is 1. The first-order valence-electron chi connectivity index (χ1n) is 6.10. The Kier molecular flexibility index (Phi) is 4.79. The predicted molar refractivity (Wildman–Crippen MR) is 77.9 cm³/mol. The van der Waals surface area contributed by atoms with Gasteiger partial charge in [0, 0.05) is 28.7 Å². The van der Waals surface area contributed by atoms with Gasteiger partial charge >= 0.3 is 0 Å². The van der Waals surface area contributed by atoms with Gasteiger partial charge in [0.05, 0.1) is 0 Å². The Bertz CT molecular complexity index is 492. The molecule has 19 heavy (non-hydrogen) atoms. The third-order valence-electron chi connectivity index (χ3n) is 2.67. The molecule has 0 aliphatic carbocycles. The van der Waals surface area contributed by atoms with Crippen molar-refractivity contribution in [3.8, 4) is 0 Å². The van der Waals surface area contributed by atoms with Crippen LogP contribution in [0.4, 0.5) is 0 Å². The van der Waals surface area contributed by atoms with E-state index in [1.54, 1.807) is 19.9 Å². The SMILES string of the molecule is CC(C)n1cc(Br)cc1C(=O)NC(C)(C)CC(N)=O. The Morgan fingerprint density at radius 2 is 2.05 bits per heavy atom. The molecular weight excluding hydrogens is 310 g/mol. The van der Waals surface area contributed by atoms with Gasteiger partial charge < -0.3 is 15.6 Å². The maximum absolute atomic E-state index is 12.3. The van der Waals surface area contributed by atoms with E-state index in [1.165, 1.54) is 0 Å². The van der Waals surface area contributed by atoms with Crippen LogP contribution in [0.25, 0.3) is 0 Å². The summed E-state index contributed by atoms with van der Waals surface area (Å²) in [6, 6.07) is 1.93. The van der Waals surface area contributed by atoms with Crippen LogP contribution in [-0.2, 0) is 4.79 Å². The van der Waals surface area contributed by atoms with Gasteiger partial charge in [-0.3, -0.25) is 9.59 Å². The standard InChI is InChI=1S/C13H20BrN3O2/c1-8(2)17-7-9(14)5-10(17)12(19)16-13(3,4)6-11(15)18/h5,7-8H,6H2,1-4H3,(H2,15,18)(H,16,19). The first kappa shape index (κ1) is 15.8. The molecule has 0 atom stereocenters. The molecular formula is C13H20BrN3O2.